The van der Waals surface area contributed by atoms with Crippen molar-refractivity contribution in [2.75, 3.05) is 13.7 Å². The van der Waals surface area contributed by atoms with E-state index in [1.807, 2.05) is 12.1 Å². The van der Waals surface area contributed by atoms with Crippen molar-refractivity contribution >= 4 is 11.6 Å². The Morgan fingerprint density at radius 1 is 1.45 bits per heavy atom. The molecule has 0 saturated carbocycles. The maximum absolute atomic E-state index is 6.27. The molecule has 2 N–H and O–H groups in total. The molecule has 0 aliphatic heterocycles. The van der Waals surface area contributed by atoms with Gasteiger partial charge in [-0.1, -0.05) is 18.5 Å². The van der Waals surface area contributed by atoms with Crippen LogP contribution in [-0.2, 0) is 6.42 Å². The number of rotatable bonds is 8. The van der Waals surface area contributed by atoms with Crippen molar-refractivity contribution < 1.29 is 9.47 Å². The van der Waals surface area contributed by atoms with Gasteiger partial charge >= 0.3 is 0 Å². The van der Waals surface area contributed by atoms with Gasteiger partial charge < -0.3 is 15.2 Å². The number of nitrogens with two attached hydrogens (primary N) is 1. The first kappa shape index (κ1) is 16.7. The zero-order valence-corrected chi connectivity index (χ0v) is 12.9. The minimum atomic E-state index is 0.123. The van der Waals surface area contributed by atoms with Gasteiger partial charge in [-0.2, -0.15) is 0 Å². The number of terminal acetylenes is 1. The van der Waals surface area contributed by atoms with Crippen molar-refractivity contribution in [3.8, 4) is 23.8 Å². The maximum atomic E-state index is 6.27. The van der Waals surface area contributed by atoms with Crippen LogP contribution in [0.4, 0.5) is 0 Å². The third-order valence-electron chi connectivity index (χ3n) is 3.02. The number of hydrogen-bond acceptors (Lipinski definition) is 3. The summed E-state index contributed by atoms with van der Waals surface area (Å²) in [7, 11) is 1.60. The number of benzene rings is 1. The van der Waals surface area contributed by atoms with Crippen LogP contribution in [0, 0.1) is 12.3 Å². The fourth-order valence-electron chi connectivity index (χ4n) is 1.83. The predicted octanol–water partition coefficient (Wildman–Crippen LogP) is 3.42. The molecule has 0 amide bonds. The van der Waals surface area contributed by atoms with E-state index in [9.17, 15) is 0 Å². The summed E-state index contributed by atoms with van der Waals surface area (Å²) < 4.78 is 11.0. The highest BCUT2D eigenvalue weighted by Crippen LogP contribution is 2.36. The minimum absolute atomic E-state index is 0.123. The third-order valence-corrected chi connectivity index (χ3v) is 3.30. The Balaban J connectivity index is 2.82. The maximum Gasteiger partial charge on any atom is 0.179 e. The van der Waals surface area contributed by atoms with Crippen LogP contribution >= 0.6 is 11.6 Å². The van der Waals surface area contributed by atoms with Crippen LogP contribution in [0.2, 0.25) is 5.02 Å². The Morgan fingerprint density at radius 3 is 2.80 bits per heavy atom. The Hall–Kier alpha value is -1.37. The van der Waals surface area contributed by atoms with E-state index in [4.69, 9.17) is 33.2 Å². The van der Waals surface area contributed by atoms with Crippen LogP contribution in [-0.4, -0.2) is 19.8 Å². The fourth-order valence-corrected chi connectivity index (χ4v) is 2.11. The SMILES string of the molecule is C#CCCCOc1c(Cl)cc(CC(N)CC)cc1OC. The number of ether oxygens (including phenoxy) is 2. The molecule has 1 aromatic rings. The topological polar surface area (TPSA) is 44.5 Å². The van der Waals surface area contributed by atoms with Crippen LogP contribution in [0.25, 0.3) is 0 Å². The van der Waals surface area contributed by atoms with Crippen LogP contribution in [0.1, 0.15) is 31.7 Å². The number of halogens is 1. The molecule has 20 heavy (non-hydrogen) atoms. The summed E-state index contributed by atoms with van der Waals surface area (Å²) in [6, 6.07) is 3.94. The van der Waals surface area contributed by atoms with Gasteiger partial charge in [0.1, 0.15) is 0 Å². The molecular weight excluding hydrogens is 274 g/mol. The molecule has 110 valence electrons. The highest BCUT2D eigenvalue weighted by atomic mass is 35.5. The Labute approximate surface area is 126 Å². The molecule has 0 aliphatic rings. The van der Waals surface area contributed by atoms with E-state index in [0.717, 1.165) is 24.8 Å². The largest absolute Gasteiger partial charge is 0.493 e. The molecule has 0 spiro atoms. The number of methoxy groups -OCH3 is 1. The first-order chi connectivity index (χ1) is 9.62. The summed E-state index contributed by atoms with van der Waals surface area (Å²) in [5.41, 5.74) is 7.02. The van der Waals surface area contributed by atoms with Gasteiger partial charge in [-0.15, -0.1) is 12.3 Å². The second-order valence-electron chi connectivity index (χ2n) is 4.64. The smallest absolute Gasteiger partial charge is 0.179 e. The molecule has 0 radical (unpaired) electrons. The van der Waals surface area contributed by atoms with Crippen molar-refractivity contribution in [2.24, 2.45) is 5.73 Å². The normalized spacial score (nSPS) is 11.8. The highest BCUT2D eigenvalue weighted by Gasteiger charge is 2.13. The van der Waals surface area contributed by atoms with E-state index in [0.29, 0.717) is 29.5 Å². The Bertz CT molecular complexity index is 468. The first-order valence-corrected chi connectivity index (χ1v) is 7.18. The summed E-state index contributed by atoms with van der Waals surface area (Å²) in [5, 5.41) is 0.545. The molecule has 0 bridgehead atoms. The average Bonchev–Trinajstić information content (AvgIpc) is 2.44. The molecule has 1 atom stereocenters. The quantitative estimate of drug-likeness (QED) is 0.590. The Kier molecular flexibility index (Phi) is 7.28. The van der Waals surface area contributed by atoms with E-state index in [1.165, 1.54) is 0 Å². The van der Waals surface area contributed by atoms with E-state index >= 15 is 0 Å². The number of hydrogen-bond donors (Lipinski definition) is 1. The molecular formula is C16H22ClNO2. The summed E-state index contributed by atoms with van der Waals surface area (Å²) in [5.74, 6) is 3.78. The lowest BCUT2D eigenvalue weighted by Crippen LogP contribution is -2.21. The minimum Gasteiger partial charge on any atom is -0.493 e. The molecule has 1 aromatic carbocycles. The molecule has 0 heterocycles. The lowest BCUT2D eigenvalue weighted by Gasteiger charge is -2.15. The second-order valence-corrected chi connectivity index (χ2v) is 5.04. The van der Waals surface area contributed by atoms with Crippen LogP contribution in [0.15, 0.2) is 12.1 Å². The van der Waals surface area contributed by atoms with Crippen molar-refractivity contribution in [1.82, 2.24) is 0 Å². The Morgan fingerprint density at radius 2 is 2.20 bits per heavy atom. The molecule has 0 saturated heterocycles. The lowest BCUT2D eigenvalue weighted by atomic mass is 10.0. The average molecular weight is 296 g/mol. The van der Waals surface area contributed by atoms with E-state index in [-0.39, 0.29) is 6.04 Å². The molecule has 1 rings (SSSR count). The van der Waals surface area contributed by atoms with Gasteiger partial charge in [0.15, 0.2) is 11.5 Å². The predicted molar refractivity (Wildman–Crippen MR) is 83.5 cm³/mol. The molecule has 1 unspecified atom stereocenters. The zero-order valence-electron chi connectivity index (χ0n) is 12.1. The lowest BCUT2D eigenvalue weighted by molar-refractivity contribution is 0.291. The summed E-state index contributed by atoms with van der Waals surface area (Å²) in [6.07, 6.45) is 8.37. The van der Waals surface area contributed by atoms with Crippen LogP contribution in [0.3, 0.4) is 0 Å². The van der Waals surface area contributed by atoms with Gasteiger partial charge in [0.05, 0.1) is 18.7 Å². The van der Waals surface area contributed by atoms with Gasteiger partial charge in [-0.25, -0.2) is 0 Å². The second kappa shape index (κ2) is 8.73. The molecule has 0 aliphatic carbocycles. The molecule has 0 aromatic heterocycles. The standard InChI is InChI=1S/C16H22ClNO2/c1-4-6-7-8-20-16-14(17)10-12(9-13(18)5-2)11-15(16)19-3/h1,10-11,13H,5-9,18H2,2-3H3. The van der Waals surface area contributed by atoms with Crippen LogP contribution in [0.5, 0.6) is 11.5 Å². The van der Waals surface area contributed by atoms with Gasteiger partial charge in [-0.3, -0.25) is 0 Å². The number of unbranched alkanes of at least 4 members (excludes halogenated alkanes) is 1. The fraction of sp³-hybridized carbons (Fsp3) is 0.500. The monoisotopic (exact) mass is 295 g/mol. The van der Waals surface area contributed by atoms with E-state index < -0.39 is 0 Å². The van der Waals surface area contributed by atoms with Gasteiger partial charge in [0, 0.05) is 12.5 Å². The van der Waals surface area contributed by atoms with Gasteiger partial charge in [-0.05, 0) is 37.0 Å². The molecule has 4 heteroatoms. The molecule has 3 nitrogen and oxygen atoms in total. The highest BCUT2D eigenvalue weighted by molar-refractivity contribution is 6.32. The summed E-state index contributed by atoms with van der Waals surface area (Å²) >= 11 is 6.27. The summed E-state index contributed by atoms with van der Waals surface area (Å²) in [6.45, 7) is 2.58. The van der Waals surface area contributed by atoms with Crippen molar-refractivity contribution in [1.29, 1.82) is 0 Å². The van der Waals surface area contributed by atoms with E-state index in [1.54, 1.807) is 7.11 Å². The van der Waals surface area contributed by atoms with E-state index in [2.05, 4.69) is 12.8 Å². The summed E-state index contributed by atoms with van der Waals surface area (Å²) in [4.78, 5) is 0. The first-order valence-electron chi connectivity index (χ1n) is 6.80. The van der Waals surface area contributed by atoms with Crippen molar-refractivity contribution in [3.05, 3.63) is 22.7 Å². The molecule has 0 fully saturated rings. The van der Waals surface area contributed by atoms with Gasteiger partial charge in [0.2, 0.25) is 0 Å². The third kappa shape index (κ3) is 4.96. The van der Waals surface area contributed by atoms with Gasteiger partial charge in [0.25, 0.3) is 0 Å². The zero-order chi connectivity index (χ0) is 15.0. The van der Waals surface area contributed by atoms with Crippen molar-refractivity contribution in [2.45, 2.75) is 38.6 Å². The van der Waals surface area contributed by atoms with Crippen molar-refractivity contribution in [3.63, 3.8) is 0 Å². The van der Waals surface area contributed by atoms with Crippen LogP contribution < -0.4 is 15.2 Å².